The fraction of sp³-hybridized carbons (Fsp3) is 0.800. The minimum Gasteiger partial charge on any atom is -0.422 e. The number of rotatable bonds is 4. The van der Waals surface area contributed by atoms with Gasteiger partial charge in [-0.2, -0.15) is 0 Å². The zero-order chi connectivity index (χ0) is 11.6. The Bertz CT molecular complexity index is 322. The molecule has 15 heavy (non-hydrogen) atoms. The largest absolute Gasteiger partial charge is 0.422 e. The van der Waals surface area contributed by atoms with Gasteiger partial charge in [-0.25, -0.2) is 0 Å². The van der Waals surface area contributed by atoms with Crippen LogP contribution in [0.2, 0.25) is 0 Å². The Morgan fingerprint density at radius 3 is 2.20 bits per heavy atom. The van der Waals surface area contributed by atoms with Crippen LogP contribution < -0.4 is 0 Å². The first-order chi connectivity index (χ1) is 6.91. The number of nitrogens with zero attached hydrogens (tertiary/aromatic N) is 2. The number of hydrogen-bond donors (Lipinski definition) is 2. The van der Waals surface area contributed by atoms with Crippen molar-refractivity contribution in [2.75, 3.05) is 6.61 Å². The van der Waals surface area contributed by atoms with Crippen molar-refractivity contribution in [3.05, 3.63) is 11.8 Å². The Labute approximate surface area is 89.1 Å². The van der Waals surface area contributed by atoms with Gasteiger partial charge in [0.25, 0.3) is 5.89 Å². The molecule has 1 rings (SSSR count). The number of aromatic nitrogens is 2. The summed E-state index contributed by atoms with van der Waals surface area (Å²) in [5.74, 6) is 0.477. The van der Waals surface area contributed by atoms with Gasteiger partial charge in [-0.3, -0.25) is 0 Å². The van der Waals surface area contributed by atoms with E-state index in [1.165, 1.54) is 0 Å². The van der Waals surface area contributed by atoms with Crippen molar-refractivity contribution in [1.29, 1.82) is 0 Å². The molecule has 0 aromatic carbocycles. The maximum absolute atomic E-state index is 10.1. The van der Waals surface area contributed by atoms with Crippen LogP contribution in [-0.2, 0) is 5.60 Å². The topological polar surface area (TPSA) is 79.4 Å². The molecule has 2 N–H and O–H groups in total. The lowest BCUT2D eigenvalue weighted by atomic mass is 9.91. The SMILES string of the molecule is CC(C)c1nnc([C@@](O)(CO)C(C)C)o1. The molecule has 5 heteroatoms. The summed E-state index contributed by atoms with van der Waals surface area (Å²) < 4.78 is 5.33. The highest BCUT2D eigenvalue weighted by molar-refractivity contribution is 5.00. The first kappa shape index (κ1) is 12.1. The third-order valence-corrected chi connectivity index (χ3v) is 2.50. The Balaban J connectivity index is 3.03. The Morgan fingerprint density at radius 1 is 1.27 bits per heavy atom. The molecule has 86 valence electrons. The smallest absolute Gasteiger partial charge is 0.250 e. The predicted octanol–water partition coefficient (Wildman–Crippen LogP) is 1.03. The summed E-state index contributed by atoms with van der Waals surface area (Å²) in [6.45, 7) is 6.99. The van der Waals surface area contributed by atoms with Crippen molar-refractivity contribution < 1.29 is 14.6 Å². The standard InChI is InChI=1S/C10H18N2O3/c1-6(2)8-11-12-9(15-8)10(14,5-13)7(3)4/h6-7,13-14H,5H2,1-4H3/t10-/m1/s1. The second-order valence-electron chi connectivity index (χ2n) is 4.34. The van der Waals surface area contributed by atoms with Gasteiger partial charge in [0, 0.05) is 5.92 Å². The van der Waals surface area contributed by atoms with Crippen LogP contribution in [0.5, 0.6) is 0 Å². The zero-order valence-corrected chi connectivity index (χ0v) is 9.56. The molecule has 0 aliphatic rings. The summed E-state index contributed by atoms with van der Waals surface area (Å²) in [4.78, 5) is 0. The minimum absolute atomic E-state index is 0.0868. The van der Waals surface area contributed by atoms with Crippen LogP contribution in [0.3, 0.4) is 0 Å². The summed E-state index contributed by atoms with van der Waals surface area (Å²) in [6.07, 6.45) is 0. The maximum Gasteiger partial charge on any atom is 0.250 e. The molecule has 0 unspecified atom stereocenters. The molecule has 0 saturated carbocycles. The quantitative estimate of drug-likeness (QED) is 0.782. The number of hydrogen-bond acceptors (Lipinski definition) is 5. The molecule has 1 atom stereocenters. The predicted molar refractivity (Wildman–Crippen MR) is 54.2 cm³/mol. The molecule has 1 aromatic heterocycles. The van der Waals surface area contributed by atoms with E-state index in [-0.39, 0.29) is 17.7 Å². The van der Waals surface area contributed by atoms with Gasteiger partial charge in [-0.1, -0.05) is 27.7 Å². The average Bonchev–Trinajstić information content (AvgIpc) is 2.65. The highest BCUT2D eigenvalue weighted by Gasteiger charge is 2.38. The van der Waals surface area contributed by atoms with Crippen molar-refractivity contribution in [3.63, 3.8) is 0 Å². The van der Waals surface area contributed by atoms with Crippen LogP contribution >= 0.6 is 0 Å². The monoisotopic (exact) mass is 214 g/mol. The van der Waals surface area contributed by atoms with Crippen LogP contribution in [0.4, 0.5) is 0 Å². The second-order valence-corrected chi connectivity index (χ2v) is 4.34. The lowest BCUT2D eigenvalue weighted by molar-refractivity contribution is -0.0769. The van der Waals surface area contributed by atoms with E-state index in [2.05, 4.69) is 10.2 Å². The van der Waals surface area contributed by atoms with Crippen LogP contribution in [0.15, 0.2) is 4.42 Å². The van der Waals surface area contributed by atoms with Crippen molar-refractivity contribution in [2.24, 2.45) is 5.92 Å². The summed E-state index contributed by atoms with van der Waals surface area (Å²) >= 11 is 0. The van der Waals surface area contributed by atoms with Gasteiger partial charge in [0.1, 0.15) is 0 Å². The van der Waals surface area contributed by atoms with Gasteiger partial charge >= 0.3 is 0 Å². The number of aliphatic hydroxyl groups is 2. The zero-order valence-electron chi connectivity index (χ0n) is 9.56. The van der Waals surface area contributed by atoms with Gasteiger partial charge in [0.2, 0.25) is 5.89 Å². The first-order valence-electron chi connectivity index (χ1n) is 5.09. The fourth-order valence-corrected chi connectivity index (χ4v) is 1.14. The van der Waals surface area contributed by atoms with Crippen molar-refractivity contribution in [2.45, 2.75) is 39.2 Å². The molecule has 0 spiro atoms. The molecule has 0 fully saturated rings. The maximum atomic E-state index is 10.1. The van der Waals surface area contributed by atoms with E-state index in [0.29, 0.717) is 5.89 Å². The van der Waals surface area contributed by atoms with E-state index < -0.39 is 12.2 Å². The van der Waals surface area contributed by atoms with Crippen molar-refractivity contribution in [1.82, 2.24) is 10.2 Å². The van der Waals surface area contributed by atoms with Gasteiger partial charge in [-0.05, 0) is 5.92 Å². The third kappa shape index (κ3) is 2.18. The van der Waals surface area contributed by atoms with E-state index in [0.717, 1.165) is 0 Å². The molecule has 5 nitrogen and oxygen atoms in total. The molecule has 0 radical (unpaired) electrons. The van der Waals surface area contributed by atoms with E-state index in [4.69, 9.17) is 4.42 Å². The van der Waals surface area contributed by atoms with Crippen LogP contribution in [0.1, 0.15) is 45.4 Å². The fourth-order valence-electron chi connectivity index (χ4n) is 1.14. The Morgan fingerprint density at radius 2 is 1.87 bits per heavy atom. The molecule has 1 heterocycles. The number of aliphatic hydroxyl groups excluding tert-OH is 1. The summed E-state index contributed by atoms with van der Waals surface area (Å²) in [5.41, 5.74) is -1.44. The molecule has 1 aromatic rings. The minimum atomic E-state index is -1.44. The summed E-state index contributed by atoms with van der Waals surface area (Å²) in [6, 6.07) is 0. The normalized spacial score (nSPS) is 16.0. The Kier molecular flexibility index (Phi) is 3.46. The lowest BCUT2D eigenvalue weighted by Crippen LogP contribution is -2.36. The lowest BCUT2D eigenvalue weighted by Gasteiger charge is -2.25. The molecular formula is C10H18N2O3. The van der Waals surface area contributed by atoms with Gasteiger partial charge < -0.3 is 14.6 Å². The molecule has 0 amide bonds. The van der Waals surface area contributed by atoms with Crippen LogP contribution in [0.25, 0.3) is 0 Å². The summed E-state index contributed by atoms with van der Waals surface area (Å²) in [5, 5.41) is 26.9. The highest BCUT2D eigenvalue weighted by atomic mass is 16.4. The van der Waals surface area contributed by atoms with E-state index in [1.807, 2.05) is 13.8 Å². The summed E-state index contributed by atoms with van der Waals surface area (Å²) in [7, 11) is 0. The van der Waals surface area contributed by atoms with Gasteiger partial charge in [0.15, 0.2) is 5.60 Å². The molecule has 0 aliphatic heterocycles. The van der Waals surface area contributed by atoms with Crippen molar-refractivity contribution in [3.8, 4) is 0 Å². The van der Waals surface area contributed by atoms with Gasteiger partial charge in [-0.15, -0.1) is 10.2 Å². The molecule has 0 saturated heterocycles. The van der Waals surface area contributed by atoms with Crippen LogP contribution in [0, 0.1) is 5.92 Å². The van der Waals surface area contributed by atoms with Crippen LogP contribution in [-0.4, -0.2) is 27.0 Å². The second kappa shape index (κ2) is 4.28. The average molecular weight is 214 g/mol. The van der Waals surface area contributed by atoms with E-state index >= 15 is 0 Å². The van der Waals surface area contributed by atoms with E-state index in [9.17, 15) is 10.2 Å². The van der Waals surface area contributed by atoms with E-state index in [1.54, 1.807) is 13.8 Å². The third-order valence-electron chi connectivity index (χ3n) is 2.50. The molecule has 0 bridgehead atoms. The Hall–Kier alpha value is -0.940. The van der Waals surface area contributed by atoms with Gasteiger partial charge in [0.05, 0.1) is 6.61 Å². The molecular weight excluding hydrogens is 196 g/mol. The highest BCUT2D eigenvalue weighted by Crippen LogP contribution is 2.29. The van der Waals surface area contributed by atoms with Crippen molar-refractivity contribution >= 4 is 0 Å². The molecule has 0 aliphatic carbocycles. The first-order valence-corrected chi connectivity index (χ1v) is 5.09.